The molecule has 4 N–H and O–H groups in total. The van der Waals surface area contributed by atoms with Gasteiger partial charge < -0.3 is 11.1 Å². The number of nitrogen functional groups attached to an aromatic ring is 1. The minimum absolute atomic E-state index is 0.213. The summed E-state index contributed by atoms with van der Waals surface area (Å²) in [6.07, 6.45) is 1.41. The van der Waals surface area contributed by atoms with E-state index in [-0.39, 0.29) is 17.2 Å². The summed E-state index contributed by atoms with van der Waals surface area (Å²) in [6.45, 7) is 0. The number of aromatic amines is 1. The van der Waals surface area contributed by atoms with E-state index in [1.165, 1.54) is 24.4 Å². The van der Waals surface area contributed by atoms with Gasteiger partial charge in [0.05, 0.1) is 5.69 Å². The van der Waals surface area contributed by atoms with Gasteiger partial charge in [-0.05, 0) is 24.3 Å². The van der Waals surface area contributed by atoms with Crippen LogP contribution in [0.25, 0.3) is 11.3 Å². The van der Waals surface area contributed by atoms with Crippen molar-refractivity contribution < 1.29 is 13.6 Å². The van der Waals surface area contributed by atoms with Crippen LogP contribution < -0.4 is 11.1 Å². The summed E-state index contributed by atoms with van der Waals surface area (Å²) in [6, 6.07) is 7.48. The molecule has 0 saturated heterocycles. The maximum absolute atomic E-state index is 13.2. The minimum Gasteiger partial charge on any atom is -0.384 e. The Bertz CT molecular complexity index is 858. The molecule has 0 aliphatic heterocycles. The van der Waals surface area contributed by atoms with Gasteiger partial charge in [0.2, 0.25) is 0 Å². The fourth-order valence-electron chi connectivity index (χ4n) is 2.02. The smallest absolute Gasteiger partial charge is 0.257 e. The molecule has 0 aliphatic carbocycles. The van der Waals surface area contributed by atoms with Crippen LogP contribution in [0.15, 0.2) is 42.6 Å². The molecule has 0 saturated carbocycles. The van der Waals surface area contributed by atoms with Gasteiger partial charge in [-0.2, -0.15) is 5.10 Å². The molecule has 3 aromatic rings. The zero-order valence-electron chi connectivity index (χ0n) is 11.7. The van der Waals surface area contributed by atoms with Crippen LogP contribution in [0.2, 0.25) is 0 Å². The van der Waals surface area contributed by atoms with Crippen molar-refractivity contribution in [2.24, 2.45) is 0 Å². The van der Waals surface area contributed by atoms with E-state index in [1.807, 2.05) is 0 Å². The van der Waals surface area contributed by atoms with Crippen molar-refractivity contribution in [3.63, 3.8) is 0 Å². The third-order valence-corrected chi connectivity index (χ3v) is 3.04. The molecule has 0 unspecified atom stereocenters. The lowest BCUT2D eigenvalue weighted by Gasteiger charge is -2.02. The zero-order chi connectivity index (χ0) is 16.4. The van der Waals surface area contributed by atoms with Gasteiger partial charge in [0, 0.05) is 29.5 Å². The molecule has 0 radical (unpaired) electrons. The van der Waals surface area contributed by atoms with E-state index in [0.717, 1.165) is 18.2 Å². The first-order valence-electron chi connectivity index (χ1n) is 6.56. The second-order valence-electron chi connectivity index (χ2n) is 4.75. The summed E-state index contributed by atoms with van der Waals surface area (Å²) in [5.41, 5.74) is 6.48. The van der Waals surface area contributed by atoms with Gasteiger partial charge in [0.1, 0.15) is 17.5 Å². The number of nitrogens with one attached hydrogen (secondary N) is 2. The lowest BCUT2D eigenvalue weighted by atomic mass is 10.1. The second-order valence-corrected chi connectivity index (χ2v) is 4.75. The molecule has 0 spiro atoms. The third-order valence-electron chi connectivity index (χ3n) is 3.04. The molecule has 3 rings (SSSR count). The van der Waals surface area contributed by atoms with Crippen LogP contribution in [0.4, 0.5) is 20.4 Å². The highest BCUT2D eigenvalue weighted by atomic mass is 19.1. The largest absolute Gasteiger partial charge is 0.384 e. The van der Waals surface area contributed by atoms with Gasteiger partial charge in [0.15, 0.2) is 5.82 Å². The second kappa shape index (κ2) is 5.84. The number of rotatable bonds is 3. The maximum Gasteiger partial charge on any atom is 0.257 e. The molecule has 0 bridgehead atoms. The predicted molar refractivity (Wildman–Crippen MR) is 80.5 cm³/mol. The molecule has 0 aliphatic rings. The van der Waals surface area contributed by atoms with E-state index in [2.05, 4.69) is 20.5 Å². The molecule has 6 nitrogen and oxygen atoms in total. The highest BCUT2D eigenvalue weighted by Gasteiger charge is 2.11. The van der Waals surface area contributed by atoms with E-state index >= 15 is 0 Å². The fraction of sp³-hybridized carbons (Fsp3) is 0. The fourth-order valence-corrected chi connectivity index (χ4v) is 2.02. The van der Waals surface area contributed by atoms with E-state index < -0.39 is 17.5 Å². The Morgan fingerprint density at radius 3 is 2.57 bits per heavy atom. The number of pyridine rings is 1. The van der Waals surface area contributed by atoms with Gasteiger partial charge >= 0.3 is 0 Å². The zero-order valence-corrected chi connectivity index (χ0v) is 11.7. The predicted octanol–water partition coefficient (Wildman–Crippen LogP) is 2.58. The monoisotopic (exact) mass is 315 g/mol. The number of halogens is 2. The van der Waals surface area contributed by atoms with Gasteiger partial charge in [-0.3, -0.25) is 9.89 Å². The highest BCUT2D eigenvalue weighted by molar-refractivity contribution is 6.04. The Hall–Kier alpha value is -3.29. The average molecular weight is 315 g/mol. The number of carbonyl (C=O) groups excluding carboxylic acids is 1. The van der Waals surface area contributed by atoms with Crippen molar-refractivity contribution in [1.29, 1.82) is 0 Å². The quantitative estimate of drug-likeness (QED) is 0.692. The molecular weight excluding hydrogens is 304 g/mol. The Balaban J connectivity index is 1.81. The summed E-state index contributed by atoms with van der Waals surface area (Å²) in [5, 5.41) is 9.05. The average Bonchev–Trinajstić information content (AvgIpc) is 2.95. The van der Waals surface area contributed by atoms with E-state index in [9.17, 15) is 13.6 Å². The number of benzene rings is 1. The van der Waals surface area contributed by atoms with Crippen LogP contribution in [0.5, 0.6) is 0 Å². The SMILES string of the molecule is Nc1cc(C(=O)Nc2cc(-c3cc(F)cc(F)c3)[nH]n2)ccn1. The van der Waals surface area contributed by atoms with Gasteiger partial charge in [-0.25, -0.2) is 13.8 Å². The third kappa shape index (κ3) is 3.31. The number of nitrogens with zero attached hydrogens (tertiary/aromatic N) is 2. The molecular formula is C15H11F2N5O. The summed E-state index contributed by atoms with van der Waals surface area (Å²) >= 11 is 0. The summed E-state index contributed by atoms with van der Waals surface area (Å²) in [7, 11) is 0. The summed E-state index contributed by atoms with van der Waals surface area (Å²) in [5.74, 6) is -1.40. The standard InChI is InChI=1S/C15H11F2N5O/c16-10-3-9(4-11(17)6-10)12-7-14(22-21-12)20-15(23)8-1-2-19-13(18)5-8/h1-7H,(H2,18,19)(H2,20,21,22,23). The van der Waals surface area contributed by atoms with Gasteiger partial charge in [-0.15, -0.1) is 0 Å². The molecule has 116 valence electrons. The van der Waals surface area contributed by atoms with Crippen LogP contribution in [0.3, 0.4) is 0 Å². The Kier molecular flexibility index (Phi) is 3.71. The molecule has 0 atom stereocenters. The van der Waals surface area contributed by atoms with Crippen molar-refractivity contribution >= 4 is 17.5 Å². The van der Waals surface area contributed by atoms with Crippen LogP contribution in [0, 0.1) is 11.6 Å². The number of aromatic nitrogens is 3. The van der Waals surface area contributed by atoms with Crippen molar-refractivity contribution in [2.45, 2.75) is 0 Å². The van der Waals surface area contributed by atoms with Gasteiger partial charge in [0.25, 0.3) is 5.91 Å². The van der Waals surface area contributed by atoms with E-state index in [1.54, 1.807) is 0 Å². The number of anilines is 2. The lowest BCUT2D eigenvalue weighted by Crippen LogP contribution is -2.12. The van der Waals surface area contributed by atoms with Crippen LogP contribution in [-0.2, 0) is 0 Å². The first kappa shape index (κ1) is 14.6. The number of carbonyl (C=O) groups is 1. The molecule has 8 heteroatoms. The van der Waals surface area contributed by atoms with Crippen LogP contribution in [0.1, 0.15) is 10.4 Å². The summed E-state index contributed by atoms with van der Waals surface area (Å²) in [4.78, 5) is 15.8. The number of nitrogens with two attached hydrogens (primary N) is 1. The molecule has 1 amide bonds. The minimum atomic E-state index is -0.701. The van der Waals surface area contributed by atoms with Crippen molar-refractivity contribution in [1.82, 2.24) is 15.2 Å². The van der Waals surface area contributed by atoms with Crippen molar-refractivity contribution in [2.75, 3.05) is 11.1 Å². The van der Waals surface area contributed by atoms with Gasteiger partial charge in [-0.1, -0.05) is 0 Å². The van der Waals surface area contributed by atoms with Crippen molar-refractivity contribution in [3.05, 3.63) is 59.8 Å². The lowest BCUT2D eigenvalue weighted by molar-refractivity contribution is 0.102. The van der Waals surface area contributed by atoms with E-state index in [0.29, 0.717) is 11.3 Å². The number of amides is 1. The first-order chi connectivity index (χ1) is 11.0. The van der Waals surface area contributed by atoms with Crippen LogP contribution in [-0.4, -0.2) is 21.1 Å². The van der Waals surface area contributed by atoms with Crippen molar-refractivity contribution in [3.8, 4) is 11.3 Å². The highest BCUT2D eigenvalue weighted by Crippen LogP contribution is 2.22. The van der Waals surface area contributed by atoms with E-state index in [4.69, 9.17) is 5.73 Å². The van der Waals surface area contributed by atoms with Crippen LogP contribution >= 0.6 is 0 Å². The Morgan fingerprint density at radius 1 is 1.13 bits per heavy atom. The number of H-pyrrole nitrogens is 1. The molecule has 0 fully saturated rings. The maximum atomic E-state index is 13.2. The Labute approximate surface area is 129 Å². The molecule has 1 aromatic carbocycles. The first-order valence-corrected chi connectivity index (χ1v) is 6.56. The molecule has 2 heterocycles. The Morgan fingerprint density at radius 2 is 1.87 bits per heavy atom. The topological polar surface area (TPSA) is 96.7 Å². The summed E-state index contributed by atoms with van der Waals surface area (Å²) < 4.78 is 26.5. The molecule has 2 aromatic heterocycles. The normalized spacial score (nSPS) is 10.5. The number of hydrogen-bond acceptors (Lipinski definition) is 4. The number of hydrogen-bond donors (Lipinski definition) is 3. The molecule has 23 heavy (non-hydrogen) atoms.